The summed E-state index contributed by atoms with van der Waals surface area (Å²) in [5.74, 6) is -1.93. The van der Waals surface area contributed by atoms with Gasteiger partial charge in [0.1, 0.15) is 11.6 Å². The summed E-state index contributed by atoms with van der Waals surface area (Å²) in [6.45, 7) is 3.35. The van der Waals surface area contributed by atoms with Gasteiger partial charge in [-0.05, 0) is 30.9 Å². The Morgan fingerprint density at radius 2 is 2.24 bits per heavy atom. The number of carboxylic acids is 1. The van der Waals surface area contributed by atoms with Crippen LogP contribution in [0.5, 0.6) is 5.88 Å². The number of aromatic hydroxyl groups is 1. The summed E-state index contributed by atoms with van der Waals surface area (Å²) in [6, 6.07) is 1.50. The smallest absolute Gasteiger partial charge is 0.346 e. The molecular weight excluding hydrogens is 316 g/mol. The van der Waals surface area contributed by atoms with Crippen molar-refractivity contribution in [2.24, 2.45) is 0 Å². The van der Waals surface area contributed by atoms with E-state index in [9.17, 15) is 9.90 Å². The number of allylic oxidation sites excluding steroid dienone is 2. The Morgan fingerprint density at radius 3 is 2.76 bits per heavy atom. The van der Waals surface area contributed by atoms with E-state index in [1.165, 1.54) is 18.2 Å². The second kappa shape index (κ2) is 7.23. The molecule has 1 aromatic heterocycles. The quantitative estimate of drug-likeness (QED) is 0.111. The van der Waals surface area contributed by atoms with Gasteiger partial charge in [0, 0.05) is 6.08 Å². The van der Waals surface area contributed by atoms with Gasteiger partial charge in [-0.2, -0.15) is 5.26 Å². The number of hydrogen-bond acceptors (Lipinski definition) is 7. The summed E-state index contributed by atoms with van der Waals surface area (Å²) in [5.41, 5.74) is 2.13. The molecule has 0 aliphatic rings. The average Bonchev–Trinajstić information content (AvgIpc) is 2.72. The average molecular weight is 324 g/mol. The van der Waals surface area contributed by atoms with E-state index < -0.39 is 11.5 Å². The maximum Gasteiger partial charge on any atom is 0.346 e. The monoisotopic (exact) mass is 324 g/mol. The molecular formula is C12H8N2O5S2. The third-order valence-corrected chi connectivity index (χ3v) is 3.39. The highest BCUT2D eigenvalue weighted by Crippen LogP contribution is 2.29. The van der Waals surface area contributed by atoms with Gasteiger partial charge in [0.2, 0.25) is 11.8 Å². The molecule has 1 rings (SSSR count). The predicted octanol–water partition coefficient (Wildman–Crippen LogP) is 2.61. The highest BCUT2D eigenvalue weighted by molar-refractivity contribution is 7.73. The van der Waals surface area contributed by atoms with Gasteiger partial charge in [0.05, 0.1) is 4.88 Å². The van der Waals surface area contributed by atoms with Crippen molar-refractivity contribution in [3.05, 3.63) is 38.9 Å². The van der Waals surface area contributed by atoms with Crippen LogP contribution < -0.4 is 0 Å². The van der Waals surface area contributed by atoms with Crippen LogP contribution in [0.25, 0.3) is 12.0 Å². The number of hydrogen-bond donors (Lipinski definition) is 3. The van der Waals surface area contributed by atoms with Crippen LogP contribution in [0.3, 0.4) is 0 Å². The molecule has 0 aliphatic carbocycles. The molecule has 0 bridgehead atoms. The van der Waals surface area contributed by atoms with Crippen LogP contribution in [0, 0.1) is 15.3 Å². The molecule has 0 aromatic carbocycles. The Bertz CT molecular complexity index is 773. The lowest BCUT2D eigenvalue weighted by Crippen LogP contribution is -1.96. The maximum atomic E-state index is 10.6. The second-order valence-corrected chi connectivity index (χ2v) is 5.03. The summed E-state index contributed by atoms with van der Waals surface area (Å²) >= 11 is 5.95. The first-order valence-corrected chi connectivity index (χ1v) is 6.36. The fourth-order valence-electron chi connectivity index (χ4n) is 1.15. The van der Waals surface area contributed by atoms with Crippen molar-refractivity contribution in [3.63, 3.8) is 0 Å². The first-order valence-electron chi connectivity index (χ1n) is 5.14. The molecule has 0 unspecified atom stereocenters. The lowest BCUT2D eigenvalue weighted by Gasteiger charge is -2.02. The molecule has 9 heteroatoms. The van der Waals surface area contributed by atoms with Crippen molar-refractivity contribution in [2.75, 3.05) is 0 Å². The van der Waals surface area contributed by atoms with Crippen LogP contribution >= 0.6 is 23.6 Å². The van der Waals surface area contributed by atoms with Crippen LogP contribution in [-0.2, 0) is 9.68 Å². The Balaban J connectivity index is 3.14. The number of aromatic nitrogens is 1. The molecule has 0 saturated carbocycles. The van der Waals surface area contributed by atoms with Gasteiger partial charge < -0.3 is 15.1 Å². The van der Waals surface area contributed by atoms with Gasteiger partial charge in [0.15, 0.2) is 3.95 Å². The number of thiazole rings is 1. The zero-order valence-corrected chi connectivity index (χ0v) is 11.9. The topological polar surface area (TPSA) is 116 Å². The lowest BCUT2D eigenvalue weighted by molar-refractivity contribution is -0.176. The maximum absolute atomic E-state index is 10.6. The zero-order chi connectivity index (χ0) is 16.0. The fraction of sp³-hybridized carbons (Fsp3) is 0. The van der Waals surface area contributed by atoms with Crippen molar-refractivity contribution in [1.82, 2.24) is 4.57 Å². The first kappa shape index (κ1) is 16.4. The Kier molecular flexibility index (Phi) is 5.66. The summed E-state index contributed by atoms with van der Waals surface area (Å²) < 4.78 is 1.18. The normalized spacial score (nSPS) is 10.2. The molecule has 108 valence electrons. The standard InChI is InChI=1S/C12H8N2O5S2/c1-7(19-18)14-10(15)9(21-12(14)20)5-3-2-4-8(6-13)11(16)17/h2,4-5,15,18H,1H2,(H,16,17). The van der Waals surface area contributed by atoms with E-state index in [0.29, 0.717) is 0 Å². The molecule has 0 saturated heterocycles. The van der Waals surface area contributed by atoms with Crippen molar-refractivity contribution >= 4 is 41.5 Å². The van der Waals surface area contributed by atoms with Crippen molar-refractivity contribution < 1.29 is 25.2 Å². The molecule has 7 nitrogen and oxygen atoms in total. The van der Waals surface area contributed by atoms with Gasteiger partial charge >= 0.3 is 5.97 Å². The first-order chi connectivity index (χ1) is 9.92. The van der Waals surface area contributed by atoms with Crippen molar-refractivity contribution in [2.45, 2.75) is 0 Å². The van der Waals surface area contributed by atoms with E-state index in [-0.39, 0.29) is 20.6 Å². The van der Waals surface area contributed by atoms with Crippen LogP contribution in [0.15, 0.2) is 30.0 Å². The van der Waals surface area contributed by atoms with Crippen molar-refractivity contribution in [3.8, 4) is 11.9 Å². The molecule has 0 atom stereocenters. The van der Waals surface area contributed by atoms with Crippen LogP contribution in [0.4, 0.5) is 0 Å². The van der Waals surface area contributed by atoms with Crippen LogP contribution in [0.2, 0.25) is 0 Å². The zero-order valence-electron chi connectivity index (χ0n) is 10.3. The minimum atomic E-state index is -1.35. The van der Waals surface area contributed by atoms with Gasteiger partial charge in [-0.15, -0.1) is 17.1 Å². The van der Waals surface area contributed by atoms with Gasteiger partial charge in [0.25, 0.3) is 0 Å². The number of rotatable bonds is 5. The molecule has 0 radical (unpaired) electrons. The summed E-state index contributed by atoms with van der Waals surface area (Å²) in [5, 5.41) is 35.5. The number of aliphatic carboxylic acids is 1. The summed E-state index contributed by atoms with van der Waals surface area (Å²) in [4.78, 5) is 14.7. The van der Waals surface area contributed by atoms with E-state index in [1.54, 1.807) is 0 Å². The minimum Gasteiger partial charge on any atom is -0.493 e. The highest BCUT2D eigenvalue weighted by Gasteiger charge is 2.12. The van der Waals surface area contributed by atoms with E-state index >= 15 is 0 Å². The molecule has 21 heavy (non-hydrogen) atoms. The molecule has 1 heterocycles. The van der Waals surface area contributed by atoms with Gasteiger partial charge in [-0.3, -0.25) is 0 Å². The SMILES string of the molecule is C=C(OO)n1c(O)c(C=C=CC=C(C#N)C(=O)O)sc1=S. The third-order valence-electron chi connectivity index (χ3n) is 2.08. The Hall–Kier alpha value is -2.63. The van der Waals surface area contributed by atoms with Crippen LogP contribution in [0.1, 0.15) is 4.88 Å². The van der Waals surface area contributed by atoms with E-state index in [2.05, 4.69) is 17.2 Å². The highest BCUT2D eigenvalue weighted by atomic mass is 32.1. The van der Waals surface area contributed by atoms with E-state index in [1.807, 2.05) is 0 Å². The number of nitrogens with zero attached hydrogens (tertiary/aromatic N) is 2. The Labute approximate surface area is 127 Å². The summed E-state index contributed by atoms with van der Waals surface area (Å²) in [7, 11) is 0. The summed E-state index contributed by atoms with van der Waals surface area (Å²) in [6.07, 6.45) is 3.59. The largest absolute Gasteiger partial charge is 0.493 e. The van der Waals surface area contributed by atoms with E-state index in [4.69, 9.17) is 27.8 Å². The van der Waals surface area contributed by atoms with Gasteiger partial charge in [-0.1, -0.05) is 0 Å². The predicted molar refractivity (Wildman–Crippen MR) is 77.7 cm³/mol. The number of carbonyl (C=O) groups is 1. The fourth-order valence-corrected chi connectivity index (χ4v) is 2.38. The molecule has 0 amide bonds. The van der Waals surface area contributed by atoms with Crippen molar-refractivity contribution in [1.29, 1.82) is 5.26 Å². The molecule has 3 N–H and O–H groups in total. The molecule has 0 spiro atoms. The van der Waals surface area contributed by atoms with E-state index in [0.717, 1.165) is 22.0 Å². The van der Waals surface area contributed by atoms with Gasteiger partial charge in [-0.25, -0.2) is 14.6 Å². The second-order valence-electron chi connectivity index (χ2n) is 3.35. The lowest BCUT2D eigenvalue weighted by atomic mass is 10.3. The Morgan fingerprint density at radius 1 is 1.57 bits per heavy atom. The minimum absolute atomic E-state index is 0.179. The number of nitriles is 1. The molecule has 0 fully saturated rings. The number of carboxylic acid groups (broad SMARTS) is 1. The van der Waals surface area contributed by atoms with Crippen LogP contribution in [-0.4, -0.2) is 26.0 Å². The molecule has 0 aliphatic heterocycles. The molecule has 1 aromatic rings. The third kappa shape index (κ3) is 3.92.